The van der Waals surface area contributed by atoms with Gasteiger partial charge < -0.3 is 10.6 Å². The van der Waals surface area contributed by atoms with Crippen LogP contribution in [-0.4, -0.2) is 24.0 Å². The zero-order valence-electron chi connectivity index (χ0n) is 14.0. The molecule has 0 atom stereocenters. The van der Waals surface area contributed by atoms with Crippen LogP contribution in [0.25, 0.3) is 0 Å². The maximum absolute atomic E-state index is 4.45. The number of nitrogens with zero attached hydrogens (tertiary/aromatic N) is 2. The van der Waals surface area contributed by atoms with Crippen LogP contribution >= 0.6 is 35.3 Å². The van der Waals surface area contributed by atoms with Gasteiger partial charge in [-0.2, -0.15) is 0 Å². The molecule has 4 nitrogen and oxygen atoms in total. The number of aliphatic imine (C=N–C) groups is 1. The molecule has 0 radical (unpaired) electrons. The van der Waals surface area contributed by atoms with Crippen molar-refractivity contribution < 1.29 is 0 Å². The van der Waals surface area contributed by atoms with Gasteiger partial charge in [0.2, 0.25) is 0 Å². The van der Waals surface area contributed by atoms with Crippen molar-refractivity contribution in [2.24, 2.45) is 15.8 Å². The van der Waals surface area contributed by atoms with Crippen molar-refractivity contribution in [3.8, 4) is 0 Å². The van der Waals surface area contributed by atoms with Gasteiger partial charge in [-0.15, -0.1) is 35.3 Å². The summed E-state index contributed by atoms with van der Waals surface area (Å²) in [6, 6.07) is 0.463. The van der Waals surface area contributed by atoms with Crippen molar-refractivity contribution in [2.45, 2.75) is 54.1 Å². The van der Waals surface area contributed by atoms with E-state index in [9.17, 15) is 0 Å². The molecule has 2 rings (SSSR count). The fraction of sp³-hybridized carbons (Fsp3) is 0.733. The highest BCUT2D eigenvalue weighted by Crippen LogP contribution is 2.62. The van der Waals surface area contributed by atoms with Crippen molar-refractivity contribution >= 4 is 41.3 Å². The Morgan fingerprint density at radius 1 is 1.24 bits per heavy atom. The SMILES string of the molecule is CN=C(NCc1sc(C)nc1C)NC1C(C)(C)C1(C)C.I. The maximum Gasteiger partial charge on any atom is 0.191 e. The highest BCUT2D eigenvalue weighted by atomic mass is 127. The Bertz CT molecular complexity index is 520. The lowest BCUT2D eigenvalue weighted by Gasteiger charge is -2.13. The van der Waals surface area contributed by atoms with Gasteiger partial charge in [0, 0.05) is 18.0 Å². The van der Waals surface area contributed by atoms with Gasteiger partial charge in [-0.3, -0.25) is 4.99 Å². The number of thiazole rings is 1. The molecule has 1 aromatic rings. The fourth-order valence-corrected chi connectivity index (χ4v) is 3.67. The molecule has 0 unspecified atom stereocenters. The lowest BCUT2D eigenvalue weighted by atomic mass is 10.0. The molecular weight excluding hydrogens is 395 g/mol. The lowest BCUT2D eigenvalue weighted by Crippen LogP contribution is -2.40. The summed E-state index contributed by atoms with van der Waals surface area (Å²) in [7, 11) is 1.82. The minimum Gasteiger partial charge on any atom is -0.353 e. The van der Waals surface area contributed by atoms with E-state index >= 15 is 0 Å². The molecule has 0 bridgehead atoms. The number of rotatable bonds is 3. The predicted octanol–water partition coefficient (Wildman–Crippen LogP) is 3.48. The van der Waals surface area contributed by atoms with Crippen LogP contribution in [0.2, 0.25) is 0 Å². The van der Waals surface area contributed by atoms with Gasteiger partial charge in [0.1, 0.15) is 0 Å². The maximum atomic E-state index is 4.45. The highest BCUT2D eigenvalue weighted by molar-refractivity contribution is 14.0. The molecule has 1 saturated carbocycles. The number of guanidine groups is 1. The summed E-state index contributed by atoms with van der Waals surface area (Å²) < 4.78 is 0. The fourth-order valence-electron chi connectivity index (χ4n) is 2.79. The topological polar surface area (TPSA) is 49.3 Å². The van der Waals surface area contributed by atoms with E-state index in [1.807, 2.05) is 14.0 Å². The third kappa shape index (κ3) is 3.52. The standard InChI is InChI=1S/C15H26N4S.HI/c1-9-11(20-10(2)18-9)8-17-13(16-7)19-12-14(3,4)15(12,5)6;/h12H,8H2,1-7H3,(H2,16,17,19);1H. The third-order valence-corrected chi connectivity index (χ3v) is 6.01. The van der Waals surface area contributed by atoms with Gasteiger partial charge in [0.15, 0.2) is 5.96 Å². The summed E-state index contributed by atoms with van der Waals surface area (Å²) in [4.78, 5) is 10.1. The highest BCUT2D eigenvalue weighted by Gasteiger charge is 2.65. The Balaban J connectivity index is 0.00000220. The van der Waals surface area contributed by atoms with Crippen molar-refractivity contribution in [1.82, 2.24) is 15.6 Å². The second-order valence-corrected chi connectivity index (χ2v) is 7.98. The largest absolute Gasteiger partial charge is 0.353 e. The summed E-state index contributed by atoms with van der Waals surface area (Å²) in [6.07, 6.45) is 0. The zero-order valence-corrected chi connectivity index (χ0v) is 17.1. The Kier molecular flexibility index (Phi) is 5.69. The van der Waals surface area contributed by atoms with E-state index in [1.54, 1.807) is 11.3 Å². The molecule has 21 heavy (non-hydrogen) atoms. The number of halogens is 1. The summed E-state index contributed by atoms with van der Waals surface area (Å²) in [5.74, 6) is 0.874. The van der Waals surface area contributed by atoms with E-state index in [2.05, 4.69) is 55.2 Å². The Hall–Kier alpha value is -0.370. The monoisotopic (exact) mass is 422 g/mol. The van der Waals surface area contributed by atoms with Crippen molar-refractivity contribution in [3.05, 3.63) is 15.6 Å². The first kappa shape index (κ1) is 18.7. The molecule has 1 aromatic heterocycles. The van der Waals surface area contributed by atoms with Crippen LogP contribution in [0.1, 0.15) is 43.3 Å². The first-order valence-electron chi connectivity index (χ1n) is 7.10. The molecule has 0 saturated heterocycles. The molecule has 0 spiro atoms. The number of aromatic nitrogens is 1. The van der Waals surface area contributed by atoms with Gasteiger partial charge in [-0.05, 0) is 24.7 Å². The molecule has 120 valence electrons. The van der Waals surface area contributed by atoms with Crippen LogP contribution in [0, 0.1) is 24.7 Å². The van der Waals surface area contributed by atoms with Crippen LogP contribution in [0.15, 0.2) is 4.99 Å². The molecule has 0 amide bonds. The Morgan fingerprint density at radius 3 is 2.19 bits per heavy atom. The van der Waals surface area contributed by atoms with Crippen LogP contribution in [0.4, 0.5) is 0 Å². The quantitative estimate of drug-likeness (QED) is 0.446. The summed E-state index contributed by atoms with van der Waals surface area (Å²) in [6.45, 7) is 14.1. The molecule has 0 aliphatic heterocycles. The van der Waals surface area contributed by atoms with Gasteiger partial charge >= 0.3 is 0 Å². The first-order chi connectivity index (χ1) is 9.20. The molecule has 0 aromatic carbocycles. The Morgan fingerprint density at radius 2 is 1.81 bits per heavy atom. The van der Waals surface area contributed by atoms with Gasteiger partial charge in [-0.25, -0.2) is 4.98 Å². The molecule has 1 aliphatic rings. The number of hydrogen-bond acceptors (Lipinski definition) is 3. The van der Waals surface area contributed by atoms with E-state index in [0.29, 0.717) is 16.9 Å². The summed E-state index contributed by atoms with van der Waals surface area (Å²) >= 11 is 1.74. The zero-order chi connectivity index (χ0) is 15.1. The van der Waals surface area contributed by atoms with E-state index in [4.69, 9.17) is 0 Å². The van der Waals surface area contributed by atoms with E-state index in [-0.39, 0.29) is 24.0 Å². The minimum absolute atomic E-state index is 0. The number of hydrogen-bond donors (Lipinski definition) is 2. The van der Waals surface area contributed by atoms with Gasteiger partial charge in [0.05, 0.1) is 17.2 Å². The summed E-state index contributed by atoms with van der Waals surface area (Å²) in [5.41, 5.74) is 1.73. The van der Waals surface area contributed by atoms with Crippen LogP contribution in [-0.2, 0) is 6.54 Å². The predicted molar refractivity (Wildman–Crippen MR) is 102 cm³/mol. The average molecular weight is 422 g/mol. The number of aryl methyl sites for hydroxylation is 2. The van der Waals surface area contributed by atoms with Crippen molar-refractivity contribution in [2.75, 3.05) is 7.05 Å². The second-order valence-electron chi connectivity index (χ2n) is 6.69. The second kappa shape index (κ2) is 6.40. The Labute approximate surface area is 149 Å². The molecule has 6 heteroatoms. The smallest absolute Gasteiger partial charge is 0.191 e. The van der Waals surface area contributed by atoms with E-state index in [1.165, 1.54) is 4.88 Å². The lowest BCUT2D eigenvalue weighted by molar-refractivity contribution is 0.457. The van der Waals surface area contributed by atoms with Gasteiger partial charge in [0.25, 0.3) is 0 Å². The minimum atomic E-state index is 0. The average Bonchev–Trinajstić information content (AvgIpc) is 2.61. The first-order valence-corrected chi connectivity index (χ1v) is 7.92. The third-order valence-electron chi connectivity index (χ3n) is 4.94. The van der Waals surface area contributed by atoms with Crippen LogP contribution in [0.5, 0.6) is 0 Å². The molecular formula is C15H27IN4S. The molecule has 2 N–H and O–H groups in total. The molecule has 1 heterocycles. The number of nitrogens with one attached hydrogen (secondary N) is 2. The van der Waals surface area contributed by atoms with Crippen molar-refractivity contribution in [1.29, 1.82) is 0 Å². The van der Waals surface area contributed by atoms with Crippen LogP contribution < -0.4 is 10.6 Å². The normalized spacial score (nSPS) is 19.9. The van der Waals surface area contributed by atoms with Crippen LogP contribution in [0.3, 0.4) is 0 Å². The van der Waals surface area contributed by atoms with Gasteiger partial charge in [-0.1, -0.05) is 27.7 Å². The molecule has 1 aliphatic carbocycles. The molecule has 1 fully saturated rings. The van der Waals surface area contributed by atoms with E-state index in [0.717, 1.165) is 23.2 Å². The van der Waals surface area contributed by atoms with Crippen molar-refractivity contribution in [3.63, 3.8) is 0 Å². The summed E-state index contributed by atoms with van der Waals surface area (Å²) in [5, 5.41) is 8.05. The van der Waals surface area contributed by atoms with E-state index < -0.39 is 0 Å².